The van der Waals surface area contributed by atoms with Gasteiger partial charge in [0.1, 0.15) is 0 Å². The molecule has 0 radical (unpaired) electrons. The molecule has 1 aliphatic rings. The van der Waals surface area contributed by atoms with Crippen molar-refractivity contribution in [3.05, 3.63) is 29.3 Å². The van der Waals surface area contributed by atoms with Crippen molar-refractivity contribution < 1.29 is 5.11 Å². The first-order valence-electron chi connectivity index (χ1n) is 7.85. The number of aliphatic hydroxyl groups is 1. The number of nitrogens with zero attached hydrogens (tertiary/aromatic N) is 1. The third kappa shape index (κ3) is 3.53. The van der Waals surface area contributed by atoms with Crippen molar-refractivity contribution in [2.75, 3.05) is 24.5 Å². The number of anilines is 1. The number of rotatable bonds is 6. The zero-order chi connectivity index (χ0) is 14.6. The Morgan fingerprint density at radius 1 is 1.40 bits per heavy atom. The van der Waals surface area contributed by atoms with Gasteiger partial charge in [-0.2, -0.15) is 0 Å². The predicted molar refractivity (Wildman–Crippen MR) is 85.2 cm³/mol. The molecule has 0 saturated heterocycles. The van der Waals surface area contributed by atoms with E-state index in [4.69, 9.17) is 5.73 Å². The average molecular weight is 276 g/mol. The summed E-state index contributed by atoms with van der Waals surface area (Å²) in [5.74, 6) is 0. The maximum Gasteiger partial charge on any atom is 0.0767 e. The first kappa shape index (κ1) is 15.3. The molecule has 0 aliphatic carbocycles. The Morgan fingerprint density at radius 3 is 2.90 bits per heavy atom. The normalized spacial score (nSPS) is 17.7. The molecule has 20 heavy (non-hydrogen) atoms. The van der Waals surface area contributed by atoms with Crippen molar-refractivity contribution in [1.29, 1.82) is 0 Å². The van der Waals surface area contributed by atoms with E-state index in [0.717, 1.165) is 32.4 Å². The first-order valence-corrected chi connectivity index (χ1v) is 7.85. The molecule has 0 fully saturated rings. The number of fused-ring (bicyclic) bond motifs is 1. The van der Waals surface area contributed by atoms with Crippen molar-refractivity contribution >= 4 is 5.69 Å². The Kier molecular flexibility index (Phi) is 5.06. The monoisotopic (exact) mass is 276 g/mol. The lowest BCUT2D eigenvalue weighted by Crippen LogP contribution is -2.38. The summed E-state index contributed by atoms with van der Waals surface area (Å²) >= 11 is 0. The van der Waals surface area contributed by atoms with Crippen LogP contribution in [0.3, 0.4) is 0 Å². The van der Waals surface area contributed by atoms with Crippen LogP contribution >= 0.6 is 0 Å². The van der Waals surface area contributed by atoms with Gasteiger partial charge in [-0.3, -0.25) is 0 Å². The zero-order valence-corrected chi connectivity index (χ0v) is 12.9. The number of aryl methyl sites for hydroxylation is 2. The second-order valence-corrected chi connectivity index (χ2v) is 6.11. The van der Waals surface area contributed by atoms with E-state index in [1.165, 1.54) is 29.7 Å². The van der Waals surface area contributed by atoms with E-state index < -0.39 is 5.60 Å². The standard InChI is InChI=1S/C17H28N2O/c1-3-17(20,13-18)9-5-11-19-10-4-6-15-12-14(2)7-8-16(15)19/h7-8,12,20H,3-6,9-11,13,18H2,1-2H3. The van der Waals surface area contributed by atoms with E-state index >= 15 is 0 Å². The summed E-state index contributed by atoms with van der Waals surface area (Å²) in [6.07, 6.45) is 4.94. The Hall–Kier alpha value is -1.06. The highest BCUT2D eigenvalue weighted by molar-refractivity contribution is 5.56. The number of benzene rings is 1. The molecule has 1 aromatic rings. The molecular weight excluding hydrogens is 248 g/mol. The molecule has 0 bridgehead atoms. The van der Waals surface area contributed by atoms with E-state index in [-0.39, 0.29) is 0 Å². The maximum atomic E-state index is 10.2. The minimum Gasteiger partial charge on any atom is -0.389 e. The van der Waals surface area contributed by atoms with Crippen LogP contribution in [0.25, 0.3) is 0 Å². The minimum atomic E-state index is -0.675. The van der Waals surface area contributed by atoms with Gasteiger partial charge in [-0.15, -0.1) is 0 Å². The van der Waals surface area contributed by atoms with Gasteiger partial charge in [0.15, 0.2) is 0 Å². The smallest absolute Gasteiger partial charge is 0.0767 e. The summed E-state index contributed by atoms with van der Waals surface area (Å²) in [4.78, 5) is 2.46. The molecule has 1 heterocycles. The van der Waals surface area contributed by atoms with Gasteiger partial charge in [-0.1, -0.05) is 24.6 Å². The second-order valence-electron chi connectivity index (χ2n) is 6.11. The van der Waals surface area contributed by atoms with E-state index in [9.17, 15) is 5.11 Å². The van der Waals surface area contributed by atoms with E-state index in [1.54, 1.807) is 0 Å². The highest BCUT2D eigenvalue weighted by Crippen LogP contribution is 2.28. The van der Waals surface area contributed by atoms with Crippen LogP contribution in [0.5, 0.6) is 0 Å². The van der Waals surface area contributed by atoms with E-state index in [0.29, 0.717) is 6.54 Å². The van der Waals surface area contributed by atoms with E-state index in [1.807, 2.05) is 6.92 Å². The van der Waals surface area contributed by atoms with Crippen LogP contribution in [0.2, 0.25) is 0 Å². The lowest BCUT2D eigenvalue weighted by Gasteiger charge is -2.33. The van der Waals surface area contributed by atoms with Gasteiger partial charge in [0, 0.05) is 25.3 Å². The van der Waals surface area contributed by atoms with Gasteiger partial charge in [-0.05, 0) is 50.7 Å². The van der Waals surface area contributed by atoms with Crippen molar-refractivity contribution in [1.82, 2.24) is 0 Å². The van der Waals surface area contributed by atoms with Crippen LogP contribution in [0.15, 0.2) is 18.2 Å². The molecule has 0 aromatic heterocycles. The Balaban J connectivity index is 1.95. The topological polar surface area (TPSA) is 49.5 Å². The van der Waals surface area contributed by atoms with Gasteiger partial charge < -0.3 is 15.7 Å². The molecule has 0 spiro atoms. The molecule has 1 aliphatic heterocycles. The minimum absolute atomic E-state index is 0.360. The Morgan fingerprint density at radius 2 is 2.20 bits per heavy atom. The van der Waals surface area contributed by atoms with Crippen LogP contribution in [0.1, 0.15) is 43.7 Å². The highest BCUT2D eigenvalue weighted by Gasteiger charge is 2.23. The van der Waals surface area contributed by atoms with E-state index in [2.05, 4.69) is 30.0 Å². The highest BCUT2D eigenvalue weighted by atomic mass is 16.3. The van der Waals surface area contributed by atoms with Crippen molar-refractivity contribution in [2.24, 2.45) is 5.73 Å². The fraction of sp³-hybridized carbons (Fsp3) is 0.647. The van der Waals surface area contributed by atoms with Crippen LogP contribution in [-0.4, -0.2) is 30.3 Å². The van der Waals surface area contributed by atoms with Gasteiger partial charge in [-0.25, -0.2) is 0 Å². The zero-order valence-electron chi connectivity index (χ0n) is 12.9. The SMILES string of the molecule is CCC(O)(CN)CCCN1CCCc2cc(C)ccc21. The number of hydrogen-bond donors (Lipinski definition) is 2. The third-order valence-corrected chi connectivity index (χ3v) is 4.56. The molecule has 1 aromatic carbocycles. The van der Waals surface area contributed by atoms with Crippen molar-refractivity contribution in [3.63, 3.8) is 0 Å². The van der Waals surface area contributed by atoms with Crippen LogP contribution in [-0.2, 0) is 6.42 Å². The summed E-state index contributed by atoms with van der Waals surface area (Å²) in [6, 6.07) is 6.75. The molecule has 2 rings (SSSR count). The van der Waals surface area contributed by atoms with Gasteiger partial charge in [0.25, 0.3) is 0 Å². The summed E-state index contributed by atoms with van der Waals surface area (Å²) in [5.41, 5.74) is 9.19. The largest absolute Gasteiger partial charge is 0.389 e. The van der Waals surface area contributed by atoms with Gasteiger partial charge >= 0.3 is 0 Å². The summed E-state index contributed by atoms with van der Waals surface area (Å²) in [6.45, 7) is 6.66. The molecule has 112 valence electrons. The van der Waals surface area contributed by atoms with Crippen molar-refractivity contribution in [2.45, 2.75) is 51.6 Å². The molecular formula is C17H28N2O. The lowest BCUT2D eigenvalue weighted by atomic mass is 9.94. The maximum absolute atomic E-state index is 10.2. The van der Waals surface area contributed by atoms with Crippen LogP contribution < -0.4 is 10.6 Å². The second kappa shape index (κ2) is 6.59. The Labute approximate surface area is 122 Å². The quantitative estimate of drug-likeness (QED) is 0.840. The predicted octanol–water partition coefficient (Wildman–Crippen LogP) is 2.63. The molecule has 3 nitrogen and oxygen atoms in total. The molecule has 0 saturated carbocycles. The molecule has 3 N–H and O–H groups in total. The van der Waals surface area contributed by atoms with Gasteiger partial charge in [0.05, 0.1) is 5.60 Å². The Bertz CT molecular complexity index is 441. The van der Waals surface area contributed by atoms with Crippen LogP contribution in [0.4, 0.5) is 5.69 Å². The third-order valence-electron chi connectivity index (χ3n) is 4.56. The fourth-order valence-electron chi connectivity index (χ4n) is 3.06. The number of nitrogens with two attached hydrogens (primary N) is 1. The number of hydrogen-bond acceptors (Lipinski definition) is 3. The summed E-state index contributed by atoms with van der Waals surface area (Å²) in [7, 11) is 0. The van der Waals surface area contributed by atoms with Gasteiger partial charge in [0.2, 0.25) is 0 Å². The molecule has 0 amide bonds. The van der Waals surface area contributed by atoms with Crippen LogP contribution in [0, 0.1) is 6.92 Å². The average Bonchev–Trinajstić information content (AvgIpc) is 2.47. The lowest BCUT2D eigenvalue weighted by molar-refractivity contribution is 0.0349. The summed E-state index contributed by atoms with van der Waals surface area (Å²) < 4.78 is 0. The molecule has 1 atom stereocenters. The first-order chi connectivity index (χ1) is 9.58. The summed E-state index contributed by atoms with van der Waals surface area (Å²) in [5, 5.41) is 10.2. The molecule has 1 unspecified atom stereocenters. The molecule has 3 heteroatoms. The fourth-order valence-corrected chi connectivity index (χ4v) is 3.06. The van der Waals surface area contributed by atoms with Crippen molar-refractivity contribution in [3.8, 4) is 0 Å².